The summed E-state index contributed by atoms with van der Waals surface area (Å²) in [5.74, 6) is 0.723. The molecule has 0 aliphatic rings. The lowest BCUT2D eigenvalue weighted by Gasteiger charge is -2.27. The quantitative estimate of drug-likeness (QED) is 0.774. The van der Waals surface area contributed by atoms with Crippen LogP contribution in [-0.4, -0.2) is 31.1 Å². The molecule has 1 unspecified atom stereocenters. The third-order valence-electron chi connectivity index (χ3n) is 3.05. The lowest BCUT2D eigenvalue weighted by Crippen LogP contribution is -2.40. The van der Waals surface area contributed by atoms with E-state index in [0.717, 1.165) is 25.6 Å². The molecule has 0 spiro atoms. The Balaban J connectivity index is 2.39. The summed E-state index contributed by atoms with van der Waals surface area (Å²) >= 11 is 5.34. The molecule has 0 saturated carbocycles. The Bertz CT molecular complexity index is 338. The van der Waals surface area contributed by atoms with Crippen LogP contribution in [0.25, 0.3) is 0 Å². The molecule has 0 fully saturated rings. The topological polar surface area (TPSA) is 15.3 Å². The summed E-state index contributed by atoms with van der Waals surface area (Å²) in [4.78, 5) is 3.87. The molecule has 4 heteroatoms. The molecule has 0 radical (unpaired) electrons. The standard InChI is InChI=1S/C14H25BrN2S/c1-5-13(8-16-7-11(2)3)17(4)9-14-6-12(15)10-18-14/h6,10-11,13,16H,5,7-9H2,1-4H3. The largest absolute Gasteiger partial charge is 0.315 e. The van der Waals surface area contributed by atoms with Crippen LogP contribution in [0.1, 0.15) is 32.1 Å². The van der Waals surface area contributed by atoms with E-state index in [4.69, 9.17) is 0 Å². The summed E-state index contributed by atoms with van der Waals surface area (Å²) < 4.78 is 1.20. The molecule has 1 aromatic rings. The second-order valence-corrected chi connectivity index (χ2v) is 7.17. The van der Waals surface area contributed by atoms with Crippen LogP contribution in [0.5, 0.6) is 0 Å². The van der Waals surface area contributed by atoms with E-state index >= 15 is 0 Å². The van der Waals surface area contributed by atoms with Gasteiger partial charge in [-0.15, -0.1) is 11.3 Å². The van der Waals surface area contributed by atoms with E-state index in [0.29, 0.717) is 6.04 Å². The smallest absolute Gasteiger partial charge is 0.0328 e. The molecule has 0 aromatic carbocycles. The van der Waals surface area contributed by atoms with Crippen LogP contribution in [0.15, 0.2) is 15.9 Å². The summed E-state index contributed by atoms with van der Waals surface area (Å²) in [5.41, 5.74) is 0. The molecule has 18 heavy (non-hydrogen) atoms. The maximum atomic E-state index is 3.56. The van der Waals surface area contributed by atoms with Gasteiger partial charge in [-0.1, -0.05) is 20.8 Å². The van der Waals surface area contributed by atoms with Crippen molar-refractivity contribution in [2.75, 3.05) is 20.1 Å². The molecule has 0 saturated heterocycles. The molecule has 0 aliphatic heterocycles. The molecular weight excluding hydrogens is 308 g/mol. The molecule has 1 aromatic heterocycles. The number of thiophene rings is 1. The van der Waals surface area contributed by atoms with E-state index in [1.165, 1.54) is 15.8 Å². The number of hydrogen-bond acceptors (Lipinski definition) is 3. The van der Waals surface area contributed by atoms with Gasteiger partial charge >= 0.3 is 0 Å². The van der Waals surface area contributed by atoms with Gasteiger partial charge in [0, 0.05) is 33.9 Å². The zero-order valence-electron chi connectivity index (χ0n) is 11.9. The van der Waals surface area contributed by atoms with Gasteiger partial charge in [0.1, 0.15) is 0 Å². The van der Waals surface area contributed by atoms with Crippen LogP contribution >= 0.6 is 27.3 Å². The van der Waals surface area contributed by atoms with Crippen molar-refractivity contribution in [3.05, 3.63) is 20.8 Å². The number of rotatable bonds is 8. The Morgan fingerprint density at radius 2 is 2.11 bits per heavy atom. The van der Waals surface area contributed by atoms with Crippen molar-refractivity contribution in [2.24, 2.45) is 5.92 Å². The van der Waals surface area contributed by atoms with Crippen molar-refractivity contribution in [1.29, 1.82) is 0 Å². The molecule has 1 heterocycles. The molecule has 0 amide bonds. The first kappa shape index (κ1) is 16.2. The van der Waals surface area contributed by atoms with E-state index in [9.17, 15) is 0 Å². The van der Waals surface area contributed by atoms with Gasteiger partial charge in [-0.25, -0.2) is 0 Å². The molecule has 104 valence electrons. The van der Waals surface area contributed by atoms with Crippen LogP contribution in [0.3, 0.4) is 0 Å². The van der Waals surface area contributed by atoms with Gasteiger partial charge in [-0.2, -0.15) is 0 Å². The van der Waals surface area contributed by atoms with Crippen molar-refractivity contribution in [3.8, 4) is 0 Å². The Kier molecular flexibility index (Phi) is 7.46. The van der Waals surface area contributed by atoms with Gasteiger partial charge < -0.3 is 5.32 Å². The maximum absolute atomic E-state index is 3.56. The van der Waals surface area contributed by atoms with E-state index in [1.54, 1.807) is 0 Å². The number of hydrogen-bond donors (Lipinski definition) is 1. The summed E-state index contributed by atoms with van der Waals surface area (Å²) in [7, 11) is 2.22. The molecular formula is C14H25BrN2S. The first-order valence-electron chi connectivity index (χ1n) is 6.66. The monoisotopic (exact) mass is 332 g/mol. The first-order valence-corrected chi connectivity index (χ1v) is 8.34. The van der Waals surface area contributed by atoms with E-state index in [2.05, 4.69) is 65.4 Å². The Morgan fingerprint density at radius 1 is 1.39 bits per heavy atom. The highest BCUT2D eigenvalue weighted by Gasteiger charge is 2.13. The summed E-state index contributed by atoms with van der Waals surface area (Å²) in [6, 6.07) is 2.83. The molecule has 1 atom stereocenters. The number of nitrogens with zero attached hydrogens (tertiary/aromatic N) is 1. The minimum Gasteiger partial charge on any atom is -0.315 e. The number of nitrogens with one attached hydrogen (secondary N) is 1. The van der Waals surface area contributed by atoms with Crippen molar-refractivity contribution >= 4 is 27.3 Å². The van der Waals surface area contributed by atoms with Crippen LogP contribution in [0, 0.1) is 5.92 Å². The minimum absolute atomic E-state index is 0.615. The van der Waals surface area contributed by atoms with E-state index < -0.39 is 0 Å². The van der Waals surface area contributed by atoms with Crippen LogP contribution < -0.4 is 5.32 Å². The second-order valence-electron chi connectivity index (χ2n) is 5.26. The molecule has 0 bridgehead atoms. The maximum Gasteiger partial charge on any atom is 0.0328 e. The lowest BCUT2D eigenvalue weighted by molar-refractivity contribution is 0.221. The molecule has 1 rings (SSSR count). The van der Waals surface area contributed by atoms with Crippen molar-refractivity contribution in [3.63, 3.8) is 0 Å². The highest BCUT2D eigenvalue weighted by Crippen LogP contribution is 2.21. The first-order chi connectivity index (χ1) is 8.52. The van der Waals surface area contributed by atoms with Crippen LogP contribution in [-0.2, 0) is 6.54 Å². The zero-order chi connectivity index (χ0) is 13.5. The van der Waals surface area contributed by atoms with Gasteiger partial charge in [0.05, 0.1) is 0 Å². The van der Waals surface area contributed by atoms with Gasteiger partial charge in [-0.3, -0.25) is 4.90 Å². The van der Waals surface area contributed by atoms with Crippen molar-refractivity contribution in [1.82, 2.24) is 10.2 Å². The highest BCUT2D eigenvalue weighted by molar-refractivity contribution is 9.10. The lowest BCUT2D eigenvalue weighted by atomic mass is 10.1. The summed E-state index contributed by atoms with van der Waals surface area (Å²) in [6.45, 7) is 10.00. The normalized spacial score (nSPS) is 13.5. The fraction of sp³-hybridized carbons (Fsp3) is 0.714. The van der Waals surface area contributed by atoms with E-state index in [1.807, 2.05) is 11.3 Å². The van der Waals surface area contributed by atoms with Crippen LogP contribution in [0.2, 0.25) is 0 Å². The number of halogens is 1. The average Bonchev–Trinajstić information content (AvgIpc) is 2.69. The third-order valence-corrected chi connectivity index (χ3v) is 4.74. The van der Waals surface area contributed by atoms with E-state index in [-0.39, 0.29) is 0 Å². The second kappa shape index (κ2) is 8.31. The Hall–Kier alpha value is 0.1000. The summed E-state index contributed by atoms with van der Waals surface area (Å²) in [6.07, 6.45) is 1.19. The fourth-order valence-electron chi connectivity index (χ4n) is 1.96. The molecule has 1 N–H and O–H groups in total. The van der Waals surface area contributed by atoms with Gasteiger partial charge in [0.15, 0.2) is 0 Å². The zero-order valence-corrected chi connectivity index (χ0v) is 14.3. The highest BCUT2D eigenvalue weighted by atomic mass is 79.9. The summed E-state index contributed by atoms with van der Waals surface area (Å²) in [5, 5.41) is 5.71. The average molecular weight is 333 g/mol. The SMILES string of the molecule is CCC(CNCC(C)C)N(C)Cc1cc(Br)cs1. The van der Waals surface area contributed by atoms with Gasteiger partial charge in [0.25, 0.3) is 0 Å². The van der Waals surface area contributed by atoms with Gasteiger partial charge in [-0.05, 0) is 47.9 Å². The minimum atomic E-state index is 0.615. The molecule has 2 nitrogen and oxygen atoms in total. The van der Waals surface area contributed by atoms with Crippen molar-refractivity contribution in [2.45, 2.75) is 39.8 Å². The third kappa shape index (κ3) is 5.83. The van der Waals surface area contributed by atoms with Crippen molar-refractivity contribution < 1.29 is 0 Å². The van der Waals surface area contributed by atoms with Crippen LogP contribution in [0.4, 0.5) is 0 Å². The predicted octanol–water partition coefficient (Wildman–Crippen LogP) is 3.97. The number of likely N-dealkylation sites (N-methyl/N-ethyl adjacent to an activating group) is 1. The predicted molar refractivity (Wildman–Crippen MR) is 85.3 cm³/mol. The fourth-order valence-corrected chi connectivity index (χ4v) is 3.48. The van der Waals surface area contributed by atoms with Gasteiger partial charge in [0.2, 0.25) is 0 Å². The molecule has 0 aliphatic carbocycles. The Morgan fingerprint density at radius 3 is 2.61 bits per heavy atom. The Labute approximate surface area is 124 Å².